The van der Waals surface area contributed by atoms with Crippen LogP contribution in [0.1, 0.15) is 6.92 Å². The van der Waals surface area contributed by atoms with Gasteiger partial charge in [0.15, 0.2) is 0 Å². The fourth-order valence-corrected chi connectivity index (χ4v) is 8.00. The Balaban J connectivity index is 2.63. The number of hydrogen-bond donors (Lipinski definition) is 0. The molecule has 0 aromatic carbocycles. The normalized spacial score (nSPS) is 58.1. The zero-order valence-corrected chi connectivity index (χ0v) is 14.1. The van der Waals surface area contributed by atoms with Crippen LogP contribution in [0.15, 0.2) is 0 Å². The Morgan fingerprint density at radius 1 is 1.00 bits per heavy atom. The van der Waals surface area contributed by atoms with E-state index in [-0.39, 0.29) is 16.7 Å². The molecule has 2 rings (SSSR count). The first kappa shape index (κ1) is 15.4. The van der Waals surface area contributed by atoms with Gasteiger partial charge < -0.3 is 0 Å². The maximum atomic E-state index is 6.43. The molecule has 2 aliphatic carbocycles. The molecule has 0 radical (unpaired) electrons. The van der Waals surface area contributed by atoms with Gasteiger partial charge in [0.2, 0.25) is 0 Å². The molecule has 0 N–H and O–H groups in total. The van der Waals surface area contributed by atoms with Crippen LogP contribution in [-0.4, -0.2) is 32.2 Å². The molecule has 0 nitrogen and oxygen atoms in total. The third-order valence-electron chi connectivity index (χ3n) is 4.52. The van der Waals surface area contributed by atoms with Crippen LogP contribution in [-0.2, 0) is 0 Å². The Morgan fingerprint density at radius 2 is 1.41 bits per heavy atom. The number of fused-ring (bicyclic) bond motifs is 2. The summed E-state index contributed by atoms with van der Waals surface area (Å²) in [5.74, 6) is 0.236. The first-order valence-electron chi connectivity index (χ1n) is 5.17. The van der Waals surface area contributed by atoms with Crippen molar-refractivity contribution in [3.05, 3.63) is 0 Å². The molecule has 0 saturated heterocycles. The van der Waals surface area contributed by atoms with Crippen molar-refractivity contribution < 1.29 is 0 Å². The van der Waals surface area contributed by atoms with Gasteiger partial charge in [-0.2, -0.15) is 0 Å². The summed E-state index contributed by atoms with van der Waals surface area (Å²) in [7, 11) is 0. The fraction of sp³-hybridized carbons (Fsp3) is 1.00. The molecule has 0 aliphatic heterocycles. The molecule has 0 heterocycles. The van der Waals surface area contributed by atoms with Crippen LogP contribution in [0.25, 0.3) is 0 Å². The van der Waals surface area contributed by atoms with Gasteiger partial charge in [0.1, 0.15) is 4.84 Å². The summed E-state index contributed by atoms with van der Waals surface area (Å²) in [6.45, 7) is 1.97. The van der Waals surface area contributed by atoms with Gasteiger partial charge in [0.05, 0.1) is 21.5 Å². The van der Waals surface area contributed by atoms with E-state index in [0.717, 1.165) is 0 Å². The lowest BCUT2D eigenvalue weighted by molar-refractivity contribution is 0.155. The predicted octanol–water partition coefficient (Wildman–Crippen LogP) is 5.09. The van der Waals surface area contributed by atoms with Gasteiger partial charge in [-0.1, -0.05) is 6.92 Å². The molecule has 2 aliphatic rings. The molecule has 2 bridgehead atoms. The monoisotopic (exact) mass is 376 g/mol. The highest BCUT2D eigenvalue weighted by Gasteiger charge is 2.78. The molecule has 2 saturated carbocycles. The van der Waals surface area contributed by atoms with Crippen molar-refractivity contribution in [2.75, 3.05) is 5.88 Å². The van der Waals surface area contributed by atoms with Crippen LogP contribution in [0, 0.1) is 16.7 Å². The largest absolute Gasteiger partial charge is 0.126 e. The highest BCUT2D eigenvalue weighted by Crippen LogP contribution is 2.73. The van der Waals surface area contributed by atoms with Gasteiger partial charge in [-0.05, 0) is 5.41 Å². The average Bonchev–Trinajstić information content (AvgIpc) is 2.54. The Kier molecular flexibility index (Phi) is 4.35. The first-order valence-corrected chi connectivity index (χ1v) is 8.32. The van der Waals surface area contributed by atoms with Crippen molar-refractivity contribution in [2.45, 2.75) is 33.3 Å². The highest BCUT2D eigenvalue weighted by atomic mass is 35.5. The third kappa shape index (κ3) is 1.59. The lowest BCUT2D eigenvalue weighted by Crippen LogP contribution is -2.52. The molecule has 0 spiro atoms. The fourth-order valence-electron chi connectivity index (χ4n) is 3.54. The van der Waals surface area contributed by atoms with Crippen LogP contribution in [0.5, 0.6) is 0 Å². The molecule has 0 aromatic rings. The maximum absolute atomic E-state index is 6.43. The van der Waals surface area contributed by atoms with E-state index in [1.54, 1.807) is 0 Å². The van der Waals surface area contributed by atoms with Gasteiger partial charge in [-0.25, -0.2) is 0 Å². The second-order valence-corrected chi connectivity index (χ2v) is 8.31. The quantitative estimate of drug-likeness (QED) is 0.586. The zero-order valence-electron chi connectivity index (χ0n) is 8.82. The minimum Gasteiger partial charge on any atom is -0.126 e. The number of rotatable bonds is 2. The molecule has 0 aromatic heterocycles. The molecule has 5 atom stereocenters. The second-order valence-electron chi connectivity index (χ2n) is 5.00. The summed E-state index contributed by atoms with van der Waals surface area (Å²) in [5, 5.41) is -1.51. The Hall–Kier alpha value is 2.03. The van der Waals surface area contributed by atoms with E-state index in [4.69, 9.17) is 81.2 Å². The van der Waals surface area contributed by atoms with E-state index in [2.05, 4.69) is 0 Å². The van der Waals surface area contributed by atoms with Crippen molar-refractivity contribution in [3.63, 3.8) is 0 Å². The molecule has 7 heteroatoms. The molecule has 2 fully saturated rings. The summed E-state index contributed by atoms with van der Waals surface area (Å²) in [6.07, 6.45) is 0. The van der Waals surface area contributed by atoms with Crippen LogP contribution in [0.2, 0.25) is 0 Å². The average molecular weight is 379 g/mol. The lowest BCUT2D eigenvalue weighted by atomic mass is 9.70. The van der Waals surface area contributed by atoms with Gasteiger partial charge >= 0.3 is 0 Å². The number of halogens is 7. The Bertz CT molecular complexity index is 304. The van der Waals surface area contributed by atoms with E-state index in [0.29, 0.717) is 5.88 Å². The molecular formula is C10H11Cl7. The van der Waals surface area contributed by atoms with E-state index in [9.17, 15) is 0 Å². The van der Waals surface area contributed by atoms with Crippen LogP contribution in [0.3, 0.4) is 0 Å². The molecular weight excluding hydrogens is 368 g/mol. The van der Waals surface area contributed by atoms with Gasteiger partial charge in [0.25, 0.3) is 0 Å². The van der Waals surface area contributed by atoms with Crippen molar-refractivity contribution >= 4 is 81.2 Å². The lowest BCUT2D eigenvalue weighted by Gasteiger charge is -2.45. The molecule has 1 unspecified atom stereocenters. The Morgan fingerprint density at radius 3 is 1.65 bits per heavy atom. The molecule has 0 amide bonds. The minimum absolute atomic E-state index is 0.0895. The van der Waals surface area contributed by atoms with Gasteiger partial charge in [0, 0.05) is 17.2 Å². The van der Waals surface area contributed by atoms with Crippen LogP contribution in [0.4, 0.5) is 0 Å². The summed E-state index contributed by atoms with van der Waals surface area (Å²) in [5.41, 5.74) is -1.22. The van der Waals surface area contributed by atoms with E-state index in [1.165, 1.54) is 0 Å². The topological polar surface area (TPSA) is 0 Å². The van der Waals surface area contributed by atoms with Crippen molar-refractivity contribution in [3.8, 4) is 0 Å². The minimum atomic E-state index is -0.759. The number of hydrogen-bond acceptors (Lipinski definition) is 0. The van der Waals surface area contributed by atoms with Gasteiger partial charge in [-0.3, -0.25) is 0 Å². The predicted molar refractivity (Wildman–Crippen MR) is 78.8 cm³/mol. The van der Waals surface area contributed by atoms with Crippen molar-refractivity contribution in [1.82, 2.24) is 0 Å². The Labute approximate surface area is 136 Å². The third-order valence-corrected chi connectivity index (χ3v) is 8.37. The summed E-state index contributed by atoms with van der Waals surface area (Å²) >= 11 is 44.1. The van der Waals surface area contributed by atoms with Crippen molar-refractivity contribution in [1.29, 1.82) is 0 Å². The number of alkyl halides is 7. The van der Waals surface area contributed by atoms with E-state index < -0.39 is 26.4 Å². The molecule has 100 valence electrons. The summed E-state index contributed by atoms with van der Waals surface area (Å²) < 4.78 is 0. The van der Waals surface area contributed by atoms with E-state index in [1.807, 2.05) is 6.92 Å². The van der Waals surface area contributed by atoms with Crippen LogP contribution >= 0.6 is 81.2 Å². The van der Waals surface area contributed by atoms with E-state index >= 15 is 0 Å². The van der Waals surface area contributed by atoms with Crippen molar-refractivity contribution in [2.24, 2.45) is 16.7 Å². The maximum Gasteiger partial charge on any atom is 0.116 e. The molecule has 17 heavy (non-hydrogen) atoms. The first-order chi connectivity index (χ1) is 7.76. The van der Waals surface area contributed by atoms with Crippen LogP contribution < -0.4 is 0 Å². The SMILES string of the molecule is CC1(CCl)C2[C@@H](Cl)[C@H](Cl)C1(C(Cl)Cl)[C@@H](Cl)[C@@H]2Cl. The smallest absolute Gasteiger partial charge is 0.116 e. The zero-order chi connectivity index (χ0) is 13.2. The highest BCUT2D eigenvalue weighted by molar-refractivity contribution is 6.47. The summed E-state index contributed by atoms with van der Waals surface area (Å²) in [6, 6.07) is 0. The summed E-state index contributed by atoms with van der Waals surface area (Å²) in [4.78, 5) is -0.758. The standard InChI is InChI=1S/C10H11Cl7/c1-9(2-11)3-4(12)6(14)10(9,8(16)17)7(15)5(3)13/h3-8H,2H2,1H3/t3?,4-,5-,6+,7+,9?,10?/m1/s1. The van der Waals surface area contributed by atoms with Gasteiger partial charge in [-0.15, -0.1) is 81.2 Å². The second kappa shape index (κ2) is 4.79.